The third-order valence-electron chi connectivity index (χ3n) is 3.83. The van der Waals surface area contributed by atoms with Crippen LogP contribution in [0.15, 0.2) is 17.0 Å². The van der Waals surface area contributed by atoms with Gasteiger partial charge in [-0.15, -0.1) is 0 Å². The summed E-state index contributed by atoms with van der Waals surface area (Å²) in [5.74, 6) is 0.782. The van der Waals surface area contributed by atoms with Crippen LogP contribution in [0.3, 0.4) is 0 Å². The molecule has 3 heterocycles. The van der Waals surface area contributed by atoms with Crippen LogP contribution in [0.2, 0.25) is 5.15 Å². The van der Waals surface area contributed by atoms with Gasteiger partial charge in [0.2, 0.25) is 0 Å². The fraction of sp³-hybridized carbons (Fsp3) is 0.500. The van der Waals surface area contributed by atoms with Crippen molar-refractivity contribution in [2.45, 2.75) is 26.3 Å². The number of pyridine rings is 1. The van der Waals surface area contributed by atoms with Gasteiger partial charge < -0.3 is 10.1 Å². The number of nitrogens with zero attached hydrogens (tertiary/aromatic N) is 3. The van der Waals surface area contributed by atoms with Gasteiger partial charge >= 0.3 is 0 Å². The van der Waals surface area contributed by atoms with Gasteiger partial charge in [0.05, 0.1) is 6.61 Å². The summed E-state index contributed by atoms with van der Waals surface area (Å²) in [5.41, 5.74) is 0.700. The van der Waals surface area contributed by atoms with Gasteiger partial charge in [-0.05, 0) is 28.4 Å². The lowest BCUT2D eigenvalue weighted by Gasteiger charge is -2.39. The molecule has 21 heavy (non-hydrogen) atoms. The predicted molar refractivity (Wildman–Crippen MR) is 86.7 cm³/mol. The summed E-state index contributed by atoms with van der Waals surface area (Å²) in [4.78, 5) is 12.8. The van der Waals surface area contributed by atoms with Crippen molar-refractivity contribution in [3.05, 3.63) is 22.1 Å². The molecule has 0 aliphatic carbocycles. The quantitative estimate of drug-likeness (QED) is 0.816. The lowest BCUT2D eigenvalue weighted by atomic mass is 9.82. The van der Waals surface area contributed by atoms with Crippen molar-refractivity contribution in [2.24, 2.45) is 5.41 Å². The van der Waals surface area contributed by atoms with Crippen LogP contribution < -0.4 is 5.32 Å². The van der Waals surface area contributed by atoms with Crippen molar-refractivity contribution in [3.63, 3.8) is 0 Å². The molecule has 5 nitrogen and oxygen atoms in total. The fourth-order valence-electron chi connectivity index (χ4n) is 2.57. The highest BCUT2D eigenvalue weighted by Gasteiger charge is 2.33. The van der Waals surface area contributed by atoms with E-state index in [9.17, 15) is 0 Å². The molecule has 0 spiro atoms. The summed E-state index contributed by atoms with van der Waals surface area (Å²) in [7, 11) is 0. The first-order valence-corrected chi connectivity index (χ1v) is 7.95. The van der Waals surface area contributed by atoms with Crippen LogP contribution in [0.4, 0.5) is 5.82 Å². The molecule has 2 aromatic rings. The van der Waals surface area contributed by atoms with Crippen LogP contribution in [0.5, 0.6) is 0 Å². The minimum atomic E-state index is 0.0452. The molecule has 1 aliphatic heterocycles. The van der Waals surface area contributed by atoms with Gasteiger partial charge in [0.15, 0.2) is 5.15 Å². The number of hydrogen-bond acceptors (Lipinski definition) is 5. The lowest BCUT2D eigenvalue weighted by Crippen LogP contribution is -2.44. The Hall–Kier alpha value is -0.980. The third kappa shape index (κ3) is 2.98. The van der Waals surface area contributed by atoms with Crippen LogP contribution in [0.25, 0.3) is 10.9 Å². The van der Waals surface area contributed by atoms with Gasteiger partial charge in [0.1, 0.15) is 22.3 Å². The van der Waals surface area contributed by atoms with E-state index in [2.05, 4.69) is 50.0 Å². The Labute approximate surface area is 136 Å². The molecule has 2 aromatic heterocycles. The van der Waals surface area contributed by atoms with Crippen molar-refractivity contribution in [2.75, 3.05) is 18.5 Å². The Bertz CT molecular complexity index is 679. The Balaban J connectivity index is 2.01. The first kappa shape index (κ1) is 14.9. The molecule has 112 valence electrons. The van der Waals surface area contributed by atoms with Gasteiger partial charge in [0.25, 0.3) is 0 Å². The maximum Gasteiger partial charge on any atom is 0.156 e. The summed E-state index contributed by atoms with van der Waals surface area (Å²) < 4.78 is 6.24. The molecule has 1 atom stereocenters. The number of ether oxygens (including phenoxy) is 1. The van der Waals surface area contributed by atoms with E-state index < -0.39 is 0 Å². The van der Waals surface area contributed by atoms with Gasteiger partial charge in [-0.25, -0.2) is 15.0 Å². The van der Waals surface area contributed by atoms with Crippen LogP contribution in [0.1, 0.15) is 20.3 Å². The zero-order valence-corrected chi connectivity index (χ0v) is 14.2. The number of aromatic nitrogens is 3. The fourth-order valence-corrected chi connectivity index (χ4v) is 3.32. The molecule has 7 heteroatoms. The van der Waals surface area contributed by atoms with Crippen LogP contribution >= 0.6 is 27.5 Å². The Morgan fingerprint density at radius 1 is 1.43 bits per heavy atom. The molecule has 0 aromatic carbocycles. The molecule has 1 aliphatic rings. The van der Waals surface area contributed by atoms with E-state index in [4.69, 9.17) is 16.3 Å². The van der Waals surface area contributed by atoms with Crippen molar-refractivity contribution in [1.82, 2.24) is 15.0 Å². The van der Waals surface area contributed by atoms with E-state index in [1.807, 2.05) is 6.07 Å². The number of rotatable bonds is 2. The molecule has 1 fully saturated rings. The molecule has 0 saturated carbocycles. The molecule has 1 saturated heterocycles. The zero-order valence-electron chi connectivity index (χ0n) is 11.9. The second-order valence-electron chi connectivity index (χ2n) is 5.88. The molecule has 0 bridgehead atoms. The van der Waals surface area contributed by atoms with Gasteiger partial charge in [-0.2, -0.15) is 0 Å². The van der Waals surface area contributed by atoms with Gasteiger partial charge in [0, 0.05) is 23.4 Å². The Kier molecular flexibility index (Phi) is 4.03. The summed E-state index contributed by atoms with van der Waals surface area (Å²) in [5, 5.41) is 4.77. The second-order valence-corrected chi connectivity index (χ2v) is 7.05. The molecule has 3 rings (SSSR count). The minimum Gasteiger partial charge on any atom is -0.381 e. The highest BCUT2D eigenvalue weighted by molar-refractivity contribution is 9.10. The second kappa shape index (κ2) is 5.66. The van der Waals surface area contributed by atoms with Crippen molar-refractivity contribution < 1.29 is 4.74 Å². The van der Waals surface area contributed by atoms with Crippen molar-refractivity contribution >= 4 is 44.3 Å². The van der Waals surface area contributed by atoms with E-state index in [1.165, 1.54) is 6.33 Å². The van der Waals surface area contributed by atoms with E-state index in [0.717, 1.165) is 30.8 Å². The third-order valence-corrected chi connectivity index (χ3v) is 4.50. The number of hydrogen-bond donors (Lipinski definition) is 1. The van der Waals surface area contributed by atoms with Gasteiger partial charge in [-0.3, -0.25) is 0 Å². The zero-order chi connectivity index (χ0) is 15.0. The molecule has 0 radical (unpaired) electrons. The largest absolute Gasteiger partial charge is 0.381 e. The topological polar surface area (TPSA) is 59.9 Å². The Morgan fingerprint density at radius 2 is 2.24 bits per heavy atom. The summed E-state index contributed by atoms with van der Waals surface area (Å²) in [6.07, 6.45) is 2.46. The molecular weight excluding hydrogens is 356 g/mol. The van der Waals surface area contributed by atoms with Crippen LogP contribution in [-0.2, 0) is 4.74 Å². The summed E-state index contributed by atoms with van der Waals surface area (Å²) in [6.45, 7) is 5.88. The molecule has 1 unspecified atom stereocenters. The molecule has 1 N–H and O–H groups in total. The highest BCUT2D eigenvalue weighted by atomic mass is 79.9. The van der Waals surface area contributed by atoms with E-state index >= 15 is 0 Å². The number of halogens is 2. The molecular formula is C14H16BrClN4O. The van der Waals surface area contributed by atoms with E-state index in [1.54, 1.807) is 0 Å². The maximum atomic E-state index is 6.15. The van der Waals surface area contributed by atoms with E-state index in [0.29, 0.717) is 15.3 Å². The number of nitrogens with one attached hydrogen (secondary N) is 1. The van der Waals surface area contributed by atoms with Crippen LogP contribution in [-0.4, -0.2) is 34.2 Å². The predicted octanol–water partition coefficient (Wildman–Crippen LogP) is 3.67. The van der Waals surface area contributed by atoms with E-state index in [-0.39, 0.29) is 11.5 Å². The maximum absolute atomic E-state index is 6.15. The smallest absolute Gasteiger partial charge is 0.156 e. The number of fused-ring (bicyclic) bond motifs is 1. The van der Waals surface area contributed by atoms with Crippen molar-refractivity contribution in [1.29, 1.82) is 0 Å². The first-order valence-electron chi connectivity index (χ1n) is 6.78. The highest BCUT2D eigenvalue weighted by Crippen LogP contribution is 2.33. The summed E-state index contributed by atoms with van der Waals surface area (Å²) >= 11 is 9.52. The first-order chi connectivity index (χ1) is 9.97. The number of anilines is 1. The monoisotopic (exact) mass is 370 g/mol. The normalized spacial score (nSPS) is 21.4. The minimum absolute atomic E-state index is 0.0452. The average molecular weight is 372 g/mol. The lowest BCUT2D eigenvalue weighted by molar-refractivity contribution is 0.00341. The standard InChI is InChI=1S/C14H16BrClN4O/c1-14(2)6-21-4-3-9(14)19-13-8-5-10(15)20-12(16)11(8)17-7-18-13/h5,7,9H,3-4,6H2,1-2H3,(H,17,18,19). The average Bonchev–Trinajstić information content (AvgIpc) is 2.41. The van der Waals surface area contributed by atoms with Gasteiger partial charge in [-0.1, -0.05) is 25.4 Å². The Morgan fingerprint density at radius 3 is 3.00 bits per heavy atom. The SMILES string of the molecule is CC1(C)COCCC1Nc1ncnc2c(Cl)nc(Br)cc12. The molecule has 0 amide bonds. The van der Waals surface area contributed by atoms with Crippen LogP contribution in [0, 0.1) is 5.41 Å². The summed E-state index contributed by atoms with van der Waals surface area (Å²) in [6, 6.07) is 2.17. The van der Waals surface area contributed by atoms with Crippen molar-refractivity contribution in [3.8, 4) is 0 Å².